The summed E-state index contributed by atoms with van der Waals surface area (Å²) in [5.74, 6) is 1.09. The van der Waals surface area contributed by atoms with Gasteiger partial charge in [-0.3, -0.25) is 4.90 Å². The summed E-state index contributed by atoms with van der Waals surface area (Å²) in [5.41, 5.74) is 1.27. The Labute approximate surface area is 133 Å². The highest BCUT2D eigenvalue weighted by Crippen LogP contribution is 2.23. The third-order valence-electron chi connectivity index (χ3n) is 3.24. The Morgan fingerprint density at radius 1 is 1.50 bits per heavy atom. The molecule has 1 aliphatic rings. The van der Waals surface area contributed by atoms with E-state index in [1.165, 1.54) is 16.9 Å². The molecule has 0 unspecified atom stereocenters. The third-order valence-corrected chi connectivity index (χ3v) is 4.20. The Morgan fingerprint density at radius 2 is 2.25 bits per heavy atom. The number of anilines is 1. The highest BCUT2D eigenvalue weighted by Gasteiger charge is 2.17. The molecule has 20 heavy (non-hydrogen) atoms. The number of hydrogen-bond donors (Lipinski definition) is 1. The fourth-order valence-corrected chi connectivity index (χ4v) is 3.05. The van der Waals surface area contributed by atoms with Crippen LogP contribution in [0, 0.1) is 0 Å². The van der Waals surface area contributed by atoms with Crippen molar-refractivity contribution in [2.24, 2.45) is 0 Å². The second kappa shape index (κ2) is 8.12. The van der Waals surface area contributed by atoms with Crippen LogP contribution < -0.4 is 4.90 Å². The molecule has 0 aliphatic carbocycles. The van der Waals surface area contributed by atoms with Crippen LogP contribution in [0.4, 0.5) is 5.82 Å². The Kier molecular flexibility index (Phi) is 6.48. The number of rotatable bonds is 5. The molecule has 6 heteroatoms. The van der Waals surface area contributed by atoms with Gasteiger partial charge in [0, 0.05) is 42.4 Å². The summed E-state index contributed by atoms with van der Waals surface area (Å²) in [5, 5.41) is 2.26. The van der Waals surface area contributed by atoms with E-state index >= 15 is 0 Å². The molecule has 112 valence electrons. The van der Waals surface area contributed by atoms with Crippen LogP contribution in [-0.2, 0) is 11.3 Å². The summed E-state index contributed by atoms with van der Waals surface area (Å²) in [7, 11) is 2.14. The average molecular weight is 360 g/mol. The van der Waals surface area contributed by atoms with Gasteiger partial charge in [0.2, 0.25) is 0 Å². The topological polar surface area (TPSA) is 28.6 Å². The summed E-state index contributed by atoms with van der Waals surface area (Å²) in [6.45, 7) is 5.32. The molecule has 0 bridgehead atoms. The van der Waals surface area contributed by atoms with Crippen molar-refractivity contribution in [1.82, 2.24) is 9.88 Å². The SMILES string of the molecule is C/[SH]=C\CN(C)Cc1cc(Br)cnc1N1CCOCC1. The standard InChI is InChI=1S/C14H22BrN3OS/c1-17(5-8-20-2)11-12-9-13(15)10-16-14(12)18-3-6-19-7-4-18/h8-10,20H,3-7,11H2,1-2H3. The van der Waals surface area contributed by atoms with Crippen LogP contribution in [0.1, 0.15) is 5.56 Å². The molecule has 0 atom stereocenters. The van der Waals surface area contributed by atoms with E-state index in [2.05, 4.69) is 55.5 Å². The number of pyridine rings is 1. The molecule has 2 rings (SSSR count). The lowest BCUT2D eigenvalue weighted by Crippen LogP contribution is -2.37. The Morgan fingerprint density at radius 3 is 2.95 bits per heavy atom. The van der Waals surface area contributed by atoms with Gasteiger partial charge in [-0.1, -0.05) is 5.37 Å². The lowest BCUT2D eigenvalue weighted by molar-refractivity contribution is 0.122. The van der Waals surface area contributed by atoms with E-state index in [-0.39, 0.29) is 0 Å². The van der Waals surface area contributed by atoms with Gasteiger partial charge in [0.1, 0.15) is 5.82 Å². The highest BCUT2D eigenvalue weighted by molar-refractivity contribution is 9.10. The van der Waals surface area contributed by atoms with Gasteiger partial charge in [0.05, 0.1) is 13.2 Å². The molecule has 2 heterocycles. The van der Waals surface area contributed by atoms with Crippen molar-refractivity contribution in [1.29, 1.82) is 0 Å². The molecule has 1 aliphatic heterocycles. The number of aromatic nitrogens is 1. The molecule has 1 aromatic heterocycles. The minimum absolute atomic E-state index is 0.787. The smallest absolute Gasteiger partial charge is 0.133 e. The fraction of sp³-hybridized carbons (Fsp3) is 0.571. The van der Waals surface area contributed by atoms with Crippen molar-refractivity contribution in [3.63, 3.8) is 0 Å². The number of nitrogens with zero attached hydrogens (tertiary/aromatic N) is 3. The summed E-state index contributed by atoms with van der Waals surface area (Å²) in [6, 6.07) is 2.18. The molecule has 0 saturated carbocycles. The van der Waals surface area contributed by atoms with Gasteiger partial charge in [0.25, 0.3) is 0 Å². The van der Waals surface area contributed by atoms with E-state index in [1.807, 2.05) is 6.20 Å². The zero-order valence-electron chi connectivity index (χ0n) is 12.0. The first-order valence-corrected chi connectivity index (χ1v) is 8.97. The van der Waals surface area contributed by atoms with Crippen molar-refractivity contribution in [2.75, 3.05) is 51.1 Å². The lowest BCUT2D eigenvalue weighted by atomic mass is 10.2. The van der Waals surface area contributed by atoms with Crippen LogP contribution in [0.3, 0.4) is 0 Å². The minimum atomic E-state index is 0.787. The van der Waals surface area contributed by atoms with Crippen molar-refractivity contribution in [2.45, 2.75) is 6.54 Å². The van der Waals surface area contributed by atoms with E-state index in [4.69, 9.17) is 4.74 Å². The Bertz CT molecular complexity index is 464. The molecule has 0 spiro atoms. The zero-order chi connectivity index (χ0) is 14.4. The summed E-state index contributed by atoms with van der Waals surface area (Å²) in [4.78, 5) is 9.25. The van der Waals surface area contributed by atoms with E-state index in [0.29, 0.717) is 0 Å². The number of thiol groups is 1. The Balaban J connectivity index is 2.14. The van der Waals surface area contributed by atoms with Crippen molar-refractivity contribution >= 4 is 38.5 Å². The quantitative estimate of drug-likeness (QED) is 0.643. The molecular formula is C14H22BrN3OS. The maximum absolute atomic E-state index is 5.42. The van der Waals surface area contributed by atoms with Crippen molar-refractivity contribution in [3.8, 4) is 0 Å². The lowest BCUT2D eigenvalue weighted by Gasteiger charge is -2.30. The minimum Gasteiger partial charge on any atom is -0.378 e. The van der Waals surface area contributed by atoms with E-state index in [1.54, 1.807) is 0 Å². The van der Waals surface area contributed by atoms with Crippen molar-refractivity contribution < 1.29 is 4.74 Å². The van der Waals surface area contributed by atoms with Gasteiger partial charge in [-0.2, -0.15) is 0 Å². The molecule has 4 nitrogen and oxygen atoms in total. The molecular weight excluding hydrogens is 338 g/mol. The first-order chi connectivity index (χ1) is 9.70. The first kappa shape index (κ1) is 15.9. The maximum Gasteiger partial charge on any atom is 0.133 e. The van der Waals surface area contributed by atoms with E-state index in [9.17, 15) is 0 Å². The largest absolute Gasteiger partial charge is 0.378 e. The second-order valence-electron chi connectivity index (χ2n) is 4.87. The molecule has 0 aromatic carbocycles. The van der Waals surface area contributed by atoms with Gasteiger partial charge in [-0.05, 0) is 35.3 Å². The van der Waals surface area contributed by atoms with Crippen LogP contribution in [0.5, 0.6) is 0 Å². The summed E-state index contributed by atoms with van der Waals surface area (Å²) < 4.78 is 6.46. The number of ether oxygens (including phenoxy) is 1. The fourth-order valence-electron chi connectivity index (χ4n) is 2.23. The predicted molar refractivity (Wildman–Crippen MR) is 92.3 cm³/mol. The molecule has 0 N–H and O–H groups in total. The zero-order valence-corrected chi connectivity index (χ0v) is 14.5. The summed E-state index contributed by atoms with van der Waals surface area (Å²) >= 11 is 4.85. The molecule has 1 saturated heterocycles. The number of morpholine rings is 1. The van der Waals surface area contributed by atoms with Crippen LogP contribution in [0.2, 0.25) is 0 Å². The normalized spacial score (nSPS) is 16.7. The van der Waals surface area contributed by atoms with Gasteiger partial charge in [-0.15, -0.1) is 0 Å². The molecule has 1 aromatic rings. The second-order valence-corrected chi connectivity index (χ2v) is 6.67. The van der Waals surface area contributed by atoms with E-state index < -0.39 is 0 Å². The molecule has 1 fully saturated rings. The van der Waals surface area contributed by atoms with Crippen LogP contribution in [0.25, 0.3) is 0 Å². The monoisotopic (exact) mass is 359 g/mol. The van der Waals surface area contributed by atoms with Crippen LogP contribution in [-0.4, -0.2) is 61.4 Å². The first-order valence-electron chi connectivity index (χ1n) is 6.77. The maximum atomic E-state index is 5.42. The van der Waals surface area contributed by atoms with Gasteiger partial charge in [0.15, 0.2) is 0 Å². The van der Waals surface area contributed by atoms with Crippen LogP contribution >= 0.6 is 27.3 Å². The number of halogens is 1. The van der Waals surface area contributed by atoms with Crippen LogP contribution in [0.15, 0.2) is 16.7 Å². The average Bonchev–Trinajstić information content (AvgIpc) is 2.46. The van der Waals surface area contributed by atoms with E-state index in [0.717, 1.165) is 49.7 Å². The number of hydrogen-bond acceptors (Lipinski definition) is 4. The van der Waals surface area contributed by atoms with Gasteiger partial charge >= 0.3 is 0 Å². The third kappa shape index (κ3) is 4.55. The molecule has 0 amide bonds. The molecule has 0 radical (unpaired) electrons. The van der Waals surface area contributed by atoms with Crippen molar-refractivity contribution in [3.05, 3.63) is 22.3 Å². The van der Waals surface area contributed by atoms with Gasteiger partial charge in [-0.25, -0.2) is 16.3 Å². The Hall–Kier alpha value is -0.430. The predicted octanol–water partition coefficient (Wildman–Crippen LogP) is 2.01. The summed E-state index contributed by atoms with van der Waals surface area (Å²) in [6.07, 6.45) is 4.03. The van der Waals surface area contributed by atoms with Gasteiger partial charge < -0.3 is 9.64 Å². The highest BCUT2D eigenvalue weighted by atomic mass is 79.9.